The monoisotopic (exact) mass is 320 g/mol. The quantitative estimate of drug-likeness (QED) is 0.806. The predicted molar refractivity (Wildman–Crippen MR) is 83.9 cm³/mol. The Bertz CT molecular complexity index is 899. The third kappa shape index (κ3) is 2.33. The van der Waals surface area contributed by atoms with Gasteiger partial charge in [-0.2, -0.15) is 0 Å². The molecule has 0 atom stereocenters. The van der Waals surface area contributed by atoms with E-state index in [9.17, 15) is 8.42 Å². The Morgan fingerprint density at radius 1 is 1.05 bits per heavy atom. The fourth-order valence-corrected chi connectivity index (χ4v) is 3.82. The molecule has 0 amide bonds. The molecule has 0 radical (unpaired) electrons. The van der Waals surface area contributed by atoms with Crippen LogP contribution in [-0.2, 0) is 16.6 Å². The minimum absolute atomic E-state index is 0.191. The van der Waals surface area contributed by atoms with Crippen molar-refractivity contribution in [2.75, 3.05) is 0 Å². The predicted octanol–water partition coefficient (Wildman–Crippen LogP) is 2.99. The highest BCUT2D eigenvalue weighted by Gasteiger charge is 2.20. The van der Waals surface area contributed by atoms with Gasteiger partial charge in [-0.15, -0.1) is 0 Å². The molecule has 0 spiro atoms. The zero-order valence-electron chi connectivity index (χ0n) is 11.0. The smallest absolute Gasteiger partial charge is 0.268 e. The molecule has 0 unspecified atom stereocenters. The van der Waals surface area contributed by atoms with Crippen LogP contribution >= 0.6 is 11.6 Å². The summed E-state index contributed by atoms with van der Waals surface area (Å²) in [6.07, 6.45) is 1.58. The Labute approximate surface area is 127 Å². The molecule has 0 aliphatic rings. The van der Waals surface area contributed by atoms with E-state index in [0.717, 1.165) is 10.9 Å². The molecule has 1 aromatic heterocycles. The second-order valence-corrected chi connectivity index (χ2v) is 6.88. The summed E-state index contributed by atoms with van der Waals surface area (Å²) in [5.74, 6) is 0. The third-order valence-electron chi connectivity index (χ3n) is 3.35. The fourth-order valence-electron chi connectivity index (χ4n) is 2.30. The van der Waals surface area contributed by atoms with Crippen molar-refractivity contribution in [3.05, 3.63) is 65.3 Å². The average Bonchev–Trinajstić information content (AvgIpc) is 2.87. The van der Waals surface area contributed by atoms with E-state index >= 15 is 0 Å². The van der Waals surface area contributed by atoms with Crippen LogP contribution in [0.15, 0.2) is 59.6 Å². The van der Waals surface area contributed by atoms with Gasteiger partial charge in [-0.3, -0.25) is 0 Å². The van der Waals surface area contributed by atoms with Gasteiger partial charge in [0.05, 0.1) is 10.4 Å². The Morgan fingerprint density at radius 3 is 2.38 bits per heavy atom. The average molecular weight is 321 g/mol. The van der Waals surface area contributed by atoms with Crippen LogP contribution in [0.25, 0.3) is 10.9 Å². The molecule has 0 saturated carbocycles. The van der Waals surface area contributed by atoms with Gasteiger partial charge in [-0.05, 0) is 35.9 Å². The molecule has 0 bridgehead atoms. The molecule has 2 aromatic carbocycles. The van der Waals surface area contributed by atoms with Gasteiger partial charge in [-0.1, -0.05) is 29.8 Å². The number of aromatic nitrogens is 1. The lowest BCUT2D eigenvalue weighted by atomic mass is 10.2. The van der Waals surface area contributed by atoms with E-state index < -0.39 is 10.0 Å². The summed E-state index contributed by atoms with van der Waals surface area (Å²) in [6, 6.07) is 13.4. The largest absolute Gasteiger partial charge is 0.326 e. The van der Waals surface area contributed by atoms with Crippen molar-refractivity contribution in [2.24, 2.45) is 5.73 Å². The number of nitrogens with zero attached hydrogens (tertiary/aromatic N) is 1. The number of fused-ring (bicyclic) bond motifs is 1. The van der Waals surface area contributed by atoms with Crippen LogP contribution in [0.1, 0.15) is 5.56 Å². The van der Waals surface area contributed by atoms with Crippen molar-refractivity contribution < 1.29 is 8.42 Å². The van der Waals surface area contributed by atoms with Crippen LogP contribution in [0, 0.1) is 0 Å². The van der Waals surface area contributed by atoms with E-state index in [2.05, 4.69) is 0 Å². The van der Waals surface area contributed by atoms with Gasteiger partial charge >= 0.3 is 0 Å². The summed E-state index contributed by atoms with van der Waals surface area (Å²) in [5.41, 5.74) is 7.12. The van der Waals surface area contributed by atoms with E-state index in [1.54, 1.807) is 30.5 Å². The lowest BCUT2D eigenvalue weighted by Gasteiger charge is -2.07. The molecule has 108 valence electrons. The Kier molecular flexibility index (Phi) is 3.49. The second-order valence-electron chi connectivity index (χ2n) is 4.63. The number of halogens is 1. The second kappa shape index (κ2) is 5.18. The van der Waals surface area contributed by atoms with Crippen molar-refractivity contribution in [3.8, 4) is 0 Å². The van der Waals surface area contributed by atoms with Crippen LogP contribution in [0.3, 0.4) is 0 Å². The standard InChI is InChI=1S/C15H13ClN2O2S/c16-12-5-7-13(8-6-12)21(19,20)18-10-11(9-17)14-3-1-2-4-15(14)18/h1-8,10H,9,17H2. The highest BCUT2D eigenvalue weighted by atomic mass is 35.5. The lowest BCUT2D eigenvalue weighted by molar-refractivity contribution is 0.589. The minimum Gasteiger partial charge on any atom is -0.326 e. The molecule has 21 heavy (non-hydrogen) atoms. The number of hydrogen-bond donors (Lipinski definition) is 1. The number of rotatable bonds is 3. The minimum atomic E-state index is -3.67. The van der Waals surface area contributed by atoms with Crippen molar-refractivity contribution in [2.45, 2.75) is 11.4 Å². The molecular weight excluding hydrogens is 308 g/mol. The zero-order valence-corrected chi connectivity index (χ0v) is 12.6. The molecule has 2 N–H and O–H groups in total. The number of nitrogens with two attached hydrogens (primary N) is 1. The van der Waals surface area contributed by atoms with E-state index in [-0.39, 0.29) is 11.4 Å². The topological polar surface area (TPSA) is 65.1 Å². The number of hydrogen-bond acceptors (Lipinski definition) is 3. The summed E-state index contributed by atoms with van der Waals surface area (Å²) in [7, 11) is -3.67. The Hall–Kier alpha value is -1.82. The van der Waals surface area contributed by atoms with Crippen LogP contribution < -0.4 is 5.73 Å². The van der Waals surface area contributed by atoms with Crippen LogP contribution in [0.2, 0.25) is 5.02 Å². The molecule has 0 fully saturated rings. The Morgan fingerprint density at radius 2 is 1.71 bits per heavy atom. The van der Waals surface area contributed by atoms with Gasteiger partial charge in [0.2, 0.25) is 0 Å². The molecule has 3 rings (SSSR count). The fraction of sp³-hybridized carbons (Fsp3) is 0.0667. The van der Waals surface area contributed by atoms with Crippen molar-refractivity contribution in [1.29, 1.82) is 0 Å². The molecule has 0 aliphatic carbocycles. The highest BCUT2D eigenvalue weighted by Crippen LogP contribution is 2.26. The highest BCUT2D eigenvalue weighted by molar-refractivity contribution is 7.90. The molecule has 1 heterocycles. The van der Waals surface area contributed by atoms with Gasteiger partial charge in [-0.25, -0.2) is 12.4 Å². The summed E-state index contributed by atoms with van der Waals surface area (Å²) in [6.45, 7) is 0.281. The van der Waals surface area contributed by atoms with Crippen molar-refractivity contribution in [3.63, 3.8) is 0 Å². The number of benzene rings is 2. The zero-order chi connectivity index (χ0) is 15.0. The first-order valence-electron chi connectivity index (χ1n) is 6.34. The van der Waals surface area contributed by atoms with Gasteiger partial charge in [0.25, 0.3) is 10.0 Å². The Balaban J connectivity index is 2.26. The summed E-state index contributed by atoms with van der Waals surface area (Å²) >= 11 is 5.81. The maximum atomic E-state index is 12.8. The molecule has 0 aliphatic heterocycles. The van der Waals surface area contributed by atoms with Gasteiger partial charge < -0.3 is 5.73 Å². The first kappa shape index (κ1) is 14.1. The third-order valence-corrected chi connectivity index (χ3v) is 5.29. The summed E-state index contributed by atoms with van der Waals surface area (Å²) < 4.78 is 26.8. The molecular formula is C15H13ClN2O2S. The SMILES string of the molecule is NCc1cn(S(=O)(=O)c2ccc(Cl)cc2)c2ccccc12. The van der Waals surface area contributed by atoms with Crippen LogP contribution in [0.4, 0.5) is 0 Å². The van der Waals surface area contributed by atoms with E-state index in [4.69, 9.17) is 17.3 Å². The first-order chi connectivity index (χ1) is 10.0. The van der Waals surface area contributed by atoms with Crippen molar-refractivity contribution in [1.82, 2.24) is 3.97 Å². The molecule has 0 saturated heterocycles. The van der Waals surface area contributed by atoms with Crippen molar-refractivity contribution >= 4 is 32.5 Å². The van der Waals surface area contributed by atoms with Crippen LogP contribution in [-0.4, -0.2) is 12.4 Å². The van der Waals surface area contributed by atoms with Crippen LogP contribution in [0.5, 0.6) is 0 Å². The maximum Gasteiger partial charge on any atom is 0.268 e. The lowest BCUT2D eigenvalue weighted by Crippen LogP contribution is -2.11. The number of para-hydroxylation sites is 1. The van der Waals surface area contributed by atoms with Gasteiger partial charge in [0.1, 0.15) is 0 Å². The van der Waals surface area contributed by atoms with Gasteiger partial charge in [0, 0.05) is 23.2 Å². The summed E-state index contributed by atoms with van der Waals surface area (Å²) in [5, 5.41) is 1.34. The van der Waals surface area contributed by atoms with E-state index in [0.29, 0.717) is 10.5 Å². The van der Waals surface area contributed by atoms with E-state index in [1.807, 2.05) is 12.1 Å². The van der Waals surface area contributed by atoms with E-state index in [1.165, 1.54) is 16.1 Å². The maximum absolute atomic E-state index is 12.8. The summed E-state index contributed by atoms with van der Waals surface area (Å²) in [4.78, 5) is 0.191. The normalized spacial score (nSPS) is 11.9. The molecule has 4 nitrogen and oxygen atoms in total. The molecule has 6 heteroatoms. The van der Waals surface area contributed by atoms with Gasteiger partial charge in [0.15, 0.2) is 0 Å². The molecule has 3 aromatic rings. The first-order valence-corrected chi connectivity index (χ1v) is 8.16.